The molecular formula is C22H19F2N3O3. The van der Waals surface area contributed by atoms with Gasteiger partial charge in [-0.1, -0.05) is 18.2 Å². The number of aromatic nitrogens is 1. The summed E-state index contributed by atoms with van der Waals surface area (Å²) in [5, 5.41) is 5.65. The number of fused-ring (bicyclic) bond motifs is 1. The van der Waals surface area contributed by atoms with Crippen LogP contribution in [0.1, 0.15) is 22.0 Å². The van der Waals surface area contributed by atoms with E-state index in [1.165, 1.54) is 7.11 Å². The van der Waals surface area contributed by atoms with Gasteiger partial charge in [-0.25, -0.2) is 13.8 Å². The quantitative estimate of drug-likeness (QED) is 0.641. The number of carbonyl (C=O) groups excluding carboxylic acids is 1. The molecule has 0 bridgehead atoms. The van der Waals surface area contributed by atoms with E-state index in [9.17, 15) is 13.6 Å². The summed E-state index contributed by atoms with van der Waals surface area (Å²) < 4.78 is 37.7. The number of hydrogen-bond donors (Lipinski definition) is 2. The van der Waals surface area contributed by atoms with Gasteiger partial charge in [-0.05, 0) is 30.3 Å². The van der Waals surface area contributed by atoms with Crippen molar-refractivity contribution in [1.29, 1.82) is 0 Å². The molecular weight excluding hydrogens is 392 g/mol. The van der Waals surface area contributed by atoms with Gasteiger partial charge < -0.3 is 20.1 Å². The van der Waals surface area contributed by atoms with Crippen molar-refractivity contribution in [3.63, 3.8) is 0 Å². The number of ether oxygens (including phenoxy) is 2. The molecule has 0 fully saturated rings. The zero-order valence-electron chi connectivity index (χ0n) is 16.1. The Morgan fingerprint density at radius 1 is 1.17 bits per heavy atom. The van der Waals surface area contributed by atoms with Crippen molar-refractivity contribution in [2.24, 2.45) is 0 Å². The number of carbonyl (C=O) groups is 1. The lowest BCUT2D eigenvalue weighted by Gasteiger charge is -2.13. The Morgan fingerprint density at radius 3 is 2.70 bits per heavy atom. The molecule has 0 saturated carbocycles. The predicted molar refractivity (Wildman–Crippen MR) is 107 cm³/mol. The van der Waals surface area contributed by atoms with E-state index in [0.717, 1.165) is 29.5 Å². The van der Waals surface area contributed by atoms with Gasteiger partial charge in [-0.15, -0.1) is 0 Å². The van der Waals surface area contributed by atoms with E-state index >= 15 is 0 Å². The summed E-state index contributed by atoms with van der Waals surface area (Å²) in [6, 6.07) is 13.9. The van der Waals surface area contributed by atoms with Crippen molar-refractivity contribution < 1.29 is 23.0 Å². The molecule has 2 aromatic carbocycles. The number of nitrogens with one attached hydrogen (secondary N) is 2. The van der Waals surface area contributed by atoms with Gasteiger partial charge >= 0.3 is 0 Å². The molecule has 0 radical (unpaired) electrons. The highest BCUT2D eigenvalue weighted by Crippen LogP contribution is 2.33. The lowest BCUT2D eigenvalue weighted by Crippen LogP contribution is -2.30. The van der Waals surface area contributed by atoms with E-state index in [-0.39, 0.29) is 28.9 Å². The Kier molecular flexibility index (Phi) is 5.47. The van der Waals surface area contributed by atoms with E-state index in [4.69, 9.17) is 9.47 Å². The second-order valence-corrected chi connectivity index (χ2v) is 6.79. The standard InChI is InChI=1S/C22H19F2N3O3/c1-29-19-6-7-20(26-16-9-14(23)8-15(24)10-16)27-21(19)22(28)25-11-13-12-30-18-5-3-2-4-17(13)18/h2-10,13H,11-12H2,1H3,(H,25,28)(H,26,27). The van der Waals surface area contributed by atoms with E-state index in [1.807, 2.05) is 24.3 Å². The van der Waals surface area contributed by atoms with Crippen molar-refractivity contribution in [1.82, 2.24) is 10.3 Å². The maximum absolute atomic E-state index is 13.4. The minimum absolute atomic E-state index is 0.0349. The molecule has 3 aromatic rings. The van der Waals surface area contributed by atoms with Gasteiger partial charge in [0.2, 0.25) is 0 Å². The van der Waals surface area contributed by atoms with Gasteiger partial charge in [0, 0.05) is 29.8 Å². The minimum atomic E-state index is -0.719. The third-order valence-electron chi connectivity index (χ3n) is 4.74. The second-order valence-electron chi connectivity index (χ2n) is 6.79. The van der Waals surface area contributed by atoms with Gasteiger partial charge in [-0.3, -0.25) is 4.79 Å². The number of hydrogen-bond acceptors (Lipinski definition) is 5. The highest BCUT2D eigenvalue weighted by Gasteiger charge is 2.25. The molecule has 1 aliphatic rings. The summed E-state index contributed by atoms with van der Waals surface area (Å²) in [7, 11) is 1.43. The van der Waals surface area contributed by atoms with E-state index in [2.05, 4.69) is 15.6 Å². The Morgan fingerprint density at radius 2 is 1.93 bits per heavy atom. The third kappa shape index (κ3) is 4.17. The van der Waals surface area contributed by atoms with Crippen LogP contribution >= 0.6 is 0 Å². The highest BCUT2D eigenvalue weighted by atomic mass is 19.1. The predicted octanol–water partition coefficient (Wildman–Crippen LogP) is 4.02. The number of methoxy groups -OCH3 is 1. The van der Waals surface area contributed by atoms with Gasteiger partial charge in [0.1, 0.15) is 29.0 Å². The van der Waals surface area contributed by atoms with Crippen LogP contribution in [0.4, 0.5) is 20.3 Å². The SMILES string of the molecule is COc1ccc(Nc2cc(F)cc(F)c2)nc1C(=O)NCC1COc2ccccc21. The molecule has 1 atom stereocenters. The fraction of sp³-hybridized carbons (Fsp3) is 0.182. The molecule has 1 aliphatic heterocycles. The molecule has 1 amide bonds. The molecule has 4 rings (SSSR count). The number of pyridine rings is 1. The van der Waals surface area contributed by atoms with Crippen LogP contribution in [0.2, 0.25) is 0 Å². The fourth-order valence-electron chi connectivity index (χ4n) is 3.32. The van der Waals surface area contributed by atoms with Crippen molar-refractivity contribution in [2.45, 2.75) is 5.92 Å². The first-order valence-corrected chi connectivity index (χ1v) is 9.31. The van der Waals surface area contributed by atoms with Crippen LogP contribution in [-0.4, -0.2) is 31.2 Å². The first-order valence-electron chi connectivity index (χ1n) is 9.31. The maximum atomic E-state index is 13.4. The number of anilines is 2. The number of para-hydroxylation sites is 1. The zero-order chi connectivity index (χ0) is 21.1. The summed E-state index contributed by atoms with van der Waals surface area (Å²) in [5.41, 5.74) is 1.28. The van der Waals surface area contributed by atoms with Crippen LogP contribution in [0.15, 0.2) is 54.6 Å². The molecule has 1 unspecified atom stereocenters. The first-order chi connectivity index (χ1) is 14.5. The van der Waals surface area contributed by atoms with Crippen LogP contribution in [0.5, 0.6) is 11.5 Å². The van der Waals surface area contributed by atoms with Gasteiger partial charge in [0.25, 0.3) is 5.91 Å². The largest absolute Gasteiger partial charge is 0.494 e. The average Bonchev–Trinajstić information content (AvgIpc) is 3.14. The van der Waals surface area contributed by atoms with Crippen LogP contribution in [0, 0.1) is 11.6 Å². The molecule has 2 heterocycles. The summed E-state index contributed by atoms with van der Waals surface area (Å²) in [4.78, 5) is 17.0. The van der Waals surface area contributed by atoms with Crippen molar-refractivity contribution in [3.05, 3.63) is 77.5 Å². The molecule has 0 aliphatic carbocycles. The lowest BCUT2D eigenvalue weighted by molar-refractivity contribution is 0.0942. The van der Waals surface area contributed by atoms with E-state index < -0.39 is 17.5 Å². The summed E-state index contributed by atoms with van der Waals surface area (Å²) >= 11 is 0. The average molecular weight is 411 g/mol. The fourth-order valence-corrected chi connectivity index (χ4v) is 3.32. The summed E-state index contributed by atoms with van der Waals surface area (Å²) in [5.74, 6) is -0.475. The number of halogens is 2. The molecule has 0 saturated heterocycles. The van der Waals surface area contributed by atoms with E-state index in [0.29, 0.717) is 13.2 Å². The molecule has 8 heteroatoms. The first kappa shape index (κ1) is 19.6. The normalized spacial score (nSPS) is 14.6. The maximum Gasteiger partial charge on any atom is 0.273 e. The molecule has 0 spiro atoms. The highest BCUT2D eigenvalue weighted by molar-refractivity contribution is 5.95. The van der Waals surface area contributed by atoms with Crippen molar-refractivity contribution in [3.8, 4) is 11.5 Å². The molecule has 154 valence electrons. The smallest absolute Gasteiger partial charge is 0.273 e. The topological polar surface area (TPSA) is 72.5 Å². The van der Waals surface area contributed by atoms with Crippen LogP contribution in [0.25, 0.3) is 0 Å². The van der Waals surface area contributed by atoms with Gasteiger partial charge in [0.05, 0.1) is 13.7 Å². The van der Waals surface area contributed by atoms with Gasteiger partial charge in [0.15, 0.2) is 5.69 Å². The monoisotopic (exact) mass is 411 g/mol. The lowest BCUT2D eigenvalue weighted by atomic mass is 10.0. The summed E-state index contributed by atoms with van der Waals surface area (Å²) in [6.45, 7) is 0.852. The molecule has 6 nitrogen and oxygen atoms in total. The number of amides is 1. The summed E-state index contributed by atoms with van der Waals surface area (Å²) in [6.07, 6.45) is 0. The zero-order valence-corrected chi connectivity index (χ0v) is 16.1. The van der Waals surface area contributed by atoms with Gasteiger partial charge in [-0.2, -0.15) is 0 Å². The minimum Gasteiger partial charge on any atom is -0.494 e. The van der Waals surface area contributed by atoms with Crippen molar-refractivity contribution >= 4 is 17.4 Å². The second kappa shape index (κ2) is 8.36. The van der Waals surface area contributed by atoms with E-state index in [1.54, 1.807) is 12.1 Å². The third-order valence-corrected chi connectivity index (χ3v) is 4.74. The molecule has 30 heavy (non-hydrogen) atoms. The van der Waals surface area contributed by atoms with Crippen LogP contribution in [-0.2, 0) is 0 Å². The Labute approximate surface area is 171 Å². The Bertz CT molecular complexity index is 1070. The molecule has 1 aromatic heterocycles. The number of nitrogens with zero attached hydrogens (tertiary/aromatic N) is 1. The Hall–Kier alpha value is -3.68. The number of rotatable bonds is 6. The van der Waals surface area contributed by atoms with Crippen molar-refractivity contribution in [2.75, 3.05) is 25.6 Å². The van der Waals surface area contributed by atoms with Crippen LogP contribution in [0.3, 0.4) is 0 Å². The number of benzene rings is 2. The Balaban J connectivity index is 1.49. The molecule has 2 N–H and O–H groups in total. The van der Waals surface area contributed by atoms with Crippen LogP contribution < -0.4 is 20.1 Å².